The van der Waals surface area contributed by atoms with Crippen LogP contribution in [-0.4, -0.2) is 36.6 Å². The van der Waals surface area contributed by atoms with Crippen LogP contribution in [-0.2, 0) is 18.3 Å². The molecule has 0 saturated heterocycles. The second-order valence-corrected chi connectivity index (χ2v) is 5.25. The quantitative estimate of drug-likeness (QED) is 0.691. The third-order valence-corrected chi connectivity index (χ3v) is 3.48. The van der Waals surface area contributed by atoms with Crippen LogP contribution in [0.25, 0.3) is 0 Å². The molecule has 0 aliphatic heterocycles. The highest BCUT2D eigenvalue weighted by atomic mass is 16.5. The average molecular weight is 267 g/mol. The number of hydrogen-bond acceptors (Lipinski definition) is 4. The summed E-state index contributed by atoms with van der Waals surface area (Å²) in [6.45, 7) is 5.58. The van der Waals surface area contributed by atoms with Gasteiger partial charge in [0, 0.05) is 26.8 Å². The lowest BCUT2D eigenvalue weighted by Gasteiger charge is -2.07. The molecule has 0 bridgehead atoms. The summed E-state index contributed by atoms with van der Waals surface area (Å²) in [6.07, 6.45) is 3.77. The zero-order valence-electron chi connectivity index (χ0n) is 12.2. The molecule has 1 saturated carbocycles. The van der Waals surface area contributed by atoms with Crippen LogP contribution >= 0.6 is 0 Å². The molecule has 0 radical (unpaired) electrons. The summed E-state index contributed by atoms with van der Waals surface area (Å²) in [4.78, 5) is 0. The van der Waals surface area contributed by atoms with Crippen molar-refractivity contribution in [2.75, 3.05) is 26.9 Å². The van der Waals surface area contributed by atoms with Crippen molar-refractivity contribution in [3.63, 3.8) is 0 Å². The van der Waals surface area contributed by atoms with Gasteiger partial charge in [-0.05, 0) is 38.6 Å². The summed E-state index contributed by atoms with van der Waals surface area (Å²) in [5, 5.41) is 7.78. The number of nitrogens with zero attached hydrogens (tertiary/aromatic N) is 2. The van der Waals surface area contributed by atoms with E-state index in [-0.39, 0.29) is 0 Å². The van der Waals surface area contributed by atoms with E-state index >= 15 is 0 Å². The van der Waals surface area contributed by atoms with Crippen molar-refractivity contribution in [3.05, 3.63) is 11.3 Å². The zero-order valence-corrected chi connectivity index (χ0v) is 12.2. The SMILES string of the molecule is COc1c(CNCCCOCC2CC2)c(C)nn1C. The van der Waals surface area contributed by atoms with Crippen LogP contribution in [0.15, 0.2) is 0 Å². The van der Waals surface area contributed by atoms with Crippen LogP contribution < -0.4 is 10.1 Å². The molecule has 5 heteroatoms. The summed E-state index contributed by atoms with van der Waals surface area (Å²) in [5.74, 6) is 1.70. The lowest BCUT2D eigenvalue weighted by molar-refractivity contribution is 0.122. The molecule has 1 aromatic heterocycles. The standard InChI is InChI=1S/C14H25N3O2/c1-11-13(14(18-3)17(2)16-11)9-15-7-4-8-19-10-12-5-6-12/h12,15H,4-10H2,1-3H3. The number of aromatic nitrogens is 2. The van der Waals surface area contributed by atoms with E-state index in [1.165, 1.54) is 12.8 Å². The van der Waals surface area contributed by atoms with Gasteiger partial charge in [0.05, 0.1) is 18.4 Å². The number of hydrogen-bond donors (Lipinski definition) is 1. The van der Waals surface area contributed by atoms with Gasteiger partial charge in [-0.2, -0.15) is 5.10 Å². The van der Waals surface area contributed by atoms with Gasteiger partial charge >= 0.3 is 0 Å². The topological polar surface area (TPSA) is 48.3 Å². The predicted octanol–water partition coefficient (Wildman–Crippen LogP) is 1.64. The van der Waals surface area contributed by atoms with Crippen LogP contribution in [0, 0.1) is 12.8 Å². The van der Waals surface area contributed by atoms with Crippen LogP contribution in [0.5, 0.6) is 5.88 Å². The van der Waals surface area contributed by atoms with Gasteiger partial charge in [-0.25, -0.2) is 4.68 Å². The summed E-state index contributed by atoms with van der Waals surface area (Å²) in [5.41, 5.74) is 2.17. The van der Waals surface area contributed by atoms with E-state index in [2.05, 4.69) is 10.4 Å². The van der Waals surface area contributed by atoms with Crippen molar-refractivity contribution in [2.24, 2.45) is 13.0 Å². The largest absolute Gasteiger partial charge is 0.481 e. The molecule has 108 valence electrons. The number of methoxy groups -OCH3 is 1. The first-order valence-corrected chi connectivity index (χ1v) is 7.07. The van der Waals surface area contributed by atoms with E-state index < -0.39 is 0 Å². The van der Waals surface area contributed by atoms with E-state index in [1.807, 2.05) is 14.0 Å². The fraction of sp³-hybridized carbons (Fsp3) is 0.786. The average Bonchev–Trinajstić information content (AvgIpc) is 3.15. The van der Waals surface area contributed by atoms with Crippen molar-refractivity contribution in [1.82, 2.24) is 15.1 Å². The third kappa shape index (κ3) is 4.21. The van der Waals surface area contributed by atoms with E-state index in [0.29, 0.717) is 0 Å². The van der Waals surface area contributed by atoms with Crippen LogP contribution in [0.4, 0.5) is 0 Å². The Labute approximate surface area is 115 Å². The smallest absolute Gasteiger partial charge is 0.216 e. The molecule has 0 unspecified atom stereocenters. The fourth-order valence-electron chi connectivity index (χ4n) is 2.19. The minimum Gasteiger partial charge on any atom is -0.481 e. The van der Waals surface area contributed by atoms with Gasteiger partial charge in [0.15, 0.2) is 0 Å². The molecular formula is C14H25N3O2. The Hall–Kier alpha value is -1.07. The summed E-state index contributed by atoms with van der Waals surface area (Å²) in [7, 11) is 3.59. The Bertz CT molecular complexity index is 400. The Balaban J connectivity index is 1.61. The maximum Gasteiger partial charge on any atom is 0.216 e. The van der Waals surface area contributed by atoms with E-state index in [1.54, 1.807) is 11.8 Å². The van der Waals surface area contributed by atoms with Gasteiger partial charge in [-0.3, -0.25) is 0 Å². The molecule has 1 heterocycles. The maximum atomic E-state index is 5.60. The molecule has 2 rings (SSSR count). The lowest BCUT2D eigenvalue weighted by Crippen LogP contribution is -2.17. The molecule has 0 atom stereocenters. The molecule has 1 aliphatic rings. The molecule has 1 fully saturated rings. The Morgan fingerprint density at radius 3 is 2.89 bits per heavy atom. The predicted molar refractivity (Wildman–Crippen MR) is 74.4 cm³/mol. The van der Waals surface area contributed by atoms with Crippen molar-refractivity contribution < 1.29 is 9.47 Å². The lowest BCUT2D eigenvalue weighted by atomic mass is 10.2. The summed E-state index contributed by atoms with van der Waals surface area (Å²) >= 11 is 0. The minimum absolute atomic E-state index is 0.797. The van der Waals surface area contributed by atoms with Crippen LogP contribution in [0.2, 0.25) is 0 Å². The van der Waals surface area contributed by atoms with Gasteiger partial charge in [-0.15, -0.1) is 0 Å². The van der Waals surface area contributed by atoms with Gasteiger partial charge in [0.2, 0.25) is 5.88 Å². The van der Waals surface area contributed by atoms with Gasteiger partial charge in [-0.1, -0.05) is 0 Å². The Morgan fingerprint density at radius 2 is 2.21 bits per heavy atom. The molecular weight excluding hydrogens is 242 g/mol. The highest BCUT2D eigenvalue weighted by Gasteiger charge is 2.20. The van der Waals surface area contributed by atoms with Crippen LogP contribution in [0.1, 0.15) is 30.5 Å². The zero-order chi connectivity index (χ0) is 13.7. The summed E-state index contributed by atoms with van der Waals surface area (Å²) < 4.78 is 12.7. The first kappa shape index (κ1) is 14.3. The Morgan fingerprint density at radius 1 is 1.42 bits per heavy atom. The molecule has 1 N–H and O–H groups in total. The van der Waals surface area contributed by atoms with Crippen molar-refractivity contribution in [3.8, 4) is 5.88 Å². The molecule has 19 heavy (non-hydrogen) atoms. The van der Waals surface area contributed by atoms with Crippen molar-refractivity contribution in [1.29, 1.82) is 0 Å². The third-order valence-electron chi connectivity index (χ3n) is 3.48. The molecule has 0 aromatic carbocycles. The summed E-state index contributed by atoms with van der Waals surface area (Å²) in [6, 6.07) is 0. The highest BCUT2D eigenvalue weighted by Crippen LogP contribution is 2.28. The molecule has 5 nitrogen and oxygen atoms in total. The van der Waals surface area contributed by atoms with E-state index in [0.717, 1.165) is 55.8 Å². The molecule has 1 aliphatic carbocycles. The second kappa shape index (κ2) is 6.91. The maximum absolute atomic E-state index is 5.60. The molecule has 0 spiro atoms. The van der Waals surface area contributed by atoms with Gasteiger partial charge in [0.25, 0.3) is 0 Å². The number of ether oxygens (including phenoxy) is 2. The van der Waals surface area contributed by atoms with Crippen molar-refractivity contribution >= 4 is 0 Å². The normalized spacial score (nSPS) is 14.9. The molecule has 0 amide bonds. The Kier molecular flexibility index (Phi) is 5.22. The minimum atomic E-state index is 0.797. The second-order valence-electron chi connectivity index (χ2n) is 5.25. The first-order valence-electron chi connectivity index (χ1n) is 7.07. The molecule has 1 aromatic rings. The fourth-order valence-corrected chi connectivity index (χ4v) is 2.19. The highest BCUT2D eigenvalue weighted by molar-refractivity contribution is 5.30. The van der Waals surface area contributed by atoms with Gasteiger partial charge in [0.1, 0.15) is 0 Å². The van der Waals surface area contributed by atoms with Crippen molar-refractivity contribution in [2.45, 2.75) is 32.7 Å². The monoisotopic (exact) mass is 267 g/mol. The number of nitrogens with one attached hydrogen (secondary N) is 1. The van der Waals surface area contributed by atoms with Gasteiger partial charge < -0.3 is 14.8 Å². The first-order chi connectivity index (χ1) is 9.22. The number of rotatable bonds is 9. The van der Waals surface area contributed by atoms with Crippen LogP contribution in [0.3, 0.4) is 0 Å². The number of aryl methyl sites for hydroxylation is 2. The van der Waals surface area contributed by atoms with E-state index in [4.69, 9.17) is 9.47 Å². The van der Waals surface area contributed by atoms with E-state index in [9.17, 15) is 0 Å².